The van der Waals surface area contributed by atoms with Gasteiger partial charge in [0.2, 0.25) is 0 Å². The lowest BCUT2D eigenvalue weighted by atomic mass is 10.1. The molecule has 0 bridgehead atoms. The summed E-state index contributed by atoms with van der Waals surface area (Å²) >= 11 is 0. The molecule has 0 spiro atoms. The summed E-state index contributed by atoms with van der Waals surface area (Å²) in [6, 6.07) is 2.38. The van der Waals surface area contributed by atoms with Crippen LogP contribution in [-0.2, 0) is 0 Å². The van der Waals surface area contributed by atoms with E-state index in [0.29, 0.717) is 5.56 Å². The Morgan fingerprint density at radius 1 is 1.64 bits per heavy atom. The van der Waals surface area contributed by atoms with Gasteiger partial charge in [0, 0.05) is 4.91 Å². The van der Waals surface area contributed by atoms with Gasteiger partial charge in [0.1, 0.15) is 11.4 Å². The van der Waals surface area contributed by atoms with E-state index in [4.69, 9.17) is 10.6 Å². The molecular formula is C8H6FN3O2. The second-order valence-corrected chi connectivity index (χ2v) is 2.58. The minimum atomic E-state index is -1.45. The maximum absolute atomic E-state index is 13.0. The molecule has 1 N–H and O–H groups in total. The van der Waals surface area contributed by atoms with Crippen LogP contribution in [0.1, 0.15) is 15.9 Å². The highest BCUT2D eigenvalue weighted by atomic mass is 19.1. The first kappa shape index (κ1) is 10.0. The standard InChI is InChI=1S/C8H6FN3O2/c1-4-2-3-5(9)6(8(13)14)7(4)11-12-10/h2-3H,1H3,(H,13,14). The Kier molecular flexibility index (Phi) is 2.69. The van der Waals surface area contributed by atoms with E-state index in [1.807, 2.05) is 0 Å². The van der Waals surface area contributed by atoms with Crippen LogP contribution in [0.3, 0.4) is 0 Å². The Balaban J connectivity index is 3.57. The largest absolute Gasteiger partial charge is 0.478 e. The second-order valence-electron chi connectivity index (χ2n) is 2.58. The van der Waals surface area contributed by atoms with Crippen LogP contribution in [0.2, 0.25) is 0 Å². The number of carboxylic acid groups (broad SMARTS) is 1. The third-order valence-electron chi connectivity index (χ3n) is 1.69. The van der Waals surface area contributed by atoms with Crippen molar-refractivity contribution in [2.45, 2.75) is 6.92 Å². The molecule has 0 heterocycles. The number of carbonyl (C=O) groups is 1. The van der Waals surface area contributed by atoms with Crippen molar-refractivity contribution in [3.63, 3.8) is 0 Å². The van der Waals surface area contributed by atoms with Crippen molar-refractivity contribution in [2.24, 2.45) is 5.11 Å². The van der Waals surface area contributed by atoms with E-state index in [1.54, 1.807) is 0 Å². The molecule has 0 saturated heterocycles. The zero-order valence-corrected chi connectivity index (χ0v) is 7.23. The highest BCUT2D eigenvalue weighted by Crippen LogP contribution is 2.26. The van der Waals surface area contributed by atoms with Gasteiger partial charge in [-0.3, -0.25) is 0 Å². The summed E-state index contributed by atoms with van der Waals surface area (Å²) in [4.78, 5) is 13.1. The molecule has 0 saturated carbocycles. The van der Waals surface area contributed by atoms with Crippen molar-refractivity contribution >= 4 is 11.7 Å². The Morgan fingerprint density at radius 2 is 2.29 bits per heavy atom. The van der Waals surface area contributed by atoms with Crippen LogP contribution >= 0.6 is 0 Å². The molecule has 0 aromatic heterocycles. The minimum absolute atomic E-state index is 0.181. The van der Waals surface area contributed by atoms with Crippen molar-refractivity contribution in [3.05, 3.63) is 39.5 Å². The highest BCUT2D eigenvalue weighted by Gasteiger charge is 2.16. The number of hydrogen-bond donors (Lipinski definition) is 1. The van der Waals surface area contributed by atoms with Crippen LogP contribution in [0.5, 0.6) is 0 Å². The Bertz CT molecular complexity index is 411. The van der Waals surface area contributed by atoms with E-state index >= 15 is 0 Å². The molecule has 1 aromatic rings. The number of nitrogens with zero attached hydrogens (tertiary/aromatic N) is 3. The van der Waals surface area contributed by atoms with E-state index < -0.39 is 17.3 Å². The molecule has 72 valence electrons. The van der Waals surface area contributed by atoms with Crippen LogP contribution in [0.25, 0.3) is 10.4 Å². The third kappa shape index (κ3) is 1.65. The molecule has 0 aliphatic carbocycles. The van der Waals surface area contributed by atoms with Crippen LogP contribution in [0.4, 0.5) is 10.1 Å². The number of azide groups is 1. The van der Waals surface area contributed by atoms with E-state index in [2.05, 4.69) is 10.0 Å². The average molecular weight is 195 g/mol. The normalized spacial score (nSPS) is 9.29. The minimum Gasteiger partial charge on any atom is -0.478 e. The number of hydrogen-bond acceptors (Lipinski definition) is 2. The Labute approximate surface area is 78.4 Å². The number of carboxylic acids is 1. The molecule has 0 atom stereocenters. The molecule has 0 unspecified atom stereocenters. The summed E-state index contributed by atoms with van der Waals surface area (Å²) in [6.07, 6.45) is 0. The van der Waals surface area contributed by atoms with Gasteiger partial charge >= 0.3 is 5.97 Å². The lowest BCUT2D eigenvalue weighted by Gasteiger charge is -2.04. The first-order valence-electron chi connectivity index (χ1n) is 3.65. The van der Waals surface area contributed by atoms with E-state index in [0.717, 1.165) is 6.07 Å². The fraction of sp³-hybridized carbons (Fsp3) is 0.125. The maximum atomic E-state index is 13.0. The van der Waals surface area contributed by atoms with Crippen molar-refractivity contribution in [3.8, 4) is 0 Å². The lowest BCUT2D eigenvalue weighted by Crippen LogP contribution is -2.01. The first-order valence-corrected chi connectivity index (χ1v) is 3.65. The summed E-state index contributed by atoms with van der Waals surface area (Å²) < 4.78 is 13.0. The van der Waals surface area contributed by atoms with Gasteiger partial charge in [-0.1, -0.05) is 11.2 Å². The van der Waals surface area contributed by atoms with Gasteiger partial charge in [0.25, 0.3) is 0 Å². The third-order valence-corrected chi connectivity index (χ3v) is 1.69. The van der Waals surface area contributed by atoms with Gasteiger partial charge in [-0.15, -0.1) is 0 Å². The molecule has 0 aliphatic heterocycles. The van der Waals surface area contributed by atoms with Crippen LogP contribution in [0.15, 0.2) is 17.2 Å². The number of benzene rings is 1. The number of halogens is 1. The maximum Gasteiger partial charge on any atom is 0.339 e. The SMILES string of the molecule is Cc1ccc(F)c(C(=O)O)c1N=[N+]=[N-]. The van der Waals surface area contributed by atoms with Crippen LogP contribution < -0.4 is 0 Å². The van der Waals surface area contributed by atoms with Crippen molar-refractivity contribution < 1.29 is 14.3 Å². The highest BCUT2D eigenvalue weighted by molar-refractivity contribution is 5.94. The summed E-state index contributed by atoms with van der Waals surface area (Å²) in [6.45, 7) is 1.54. The molecule has 0 radical (unpaired) electrons. The molecule has 1 aromatic carbocycles. The molecule has 1 rings (SSSR count). The number of rotatable bonds is 2. The van der Waals surface area contributed by atoms with Crippen molar-refractivity contribution in [1.29, 1.82) is 0 Å². The molecular weight excluding hydrogens is 189 g/mol. The van der Waals surface area contributed by atoms with Gasteiger partial charge in [-0.25, -0.2) is 9.18 Å². The van der Waals surface area contributed by atoms with Crippen molar-refractivity contribution in [1.82, 2.24) is 0 Å². The van der Waals surface area contributed by atoms with E-state index in [-0.39, 0.29) is 5.69 Å². The Hall–Kier alpha value is -2.07. The molecule has 6 heteroatoms. The molecule has 14 heavy (non-hydrogen) atoms. The fourth-order valence-electron chi connectivity index (χ4n) is 1.05. The number of aryl methyl sites for hydroxylation is 1. The van der Waals surface area contributed by atoms with E-state index in [1.165, 1.54) is 13.0 Å². The van der Waals surface area contributed by atoms with Gasteiger partial charge in [-0.2, -0.15) is 0 Å². The fourth-order valence-corrected chi connectivity index (χ4v) is 1.05. The number of aromatic carboxylic acids is 1. The predicted molar refractivity (Wildman–Crippen MR) is 46.9 cm³/mol. The average Bonchev–Trinajstić information content (AvgIpc) is 2.11. The topological polar surface area (TPSA) is 86.1 Å². The Morgan fingerprint density at radius 3 is 2.79 bits per heavy atom. The van der Waals surface area contributed by atoms with Gasteiger partial charge in [-0.05, 0) is 24.1 Å². The van der Waals surface area contributed by atoms with Gasteiger partial charge < -0.3 is 5.11 Å². The second kappa shape index (κ2) is 3.76. The summed E-state index contributed by atoms with van der Waals surface area (Å²) in [5.41, 5.74) is 7.83. The first-order chi connectivity index (χ1) is 6.57. The molecule has 0 amide bonds. The molecule has 0 aliphatic rings. The van der Waals surface area contributed by atoms with E-state index in [9.17, 15) is 9.18 Å². The summed E-state index contributed by atoms with van der Waals surface area (Å²) in [5.74, 6) is -2.36. The van der Waals surface area contributed by atoms with Crippen molar-refractivity contribution in [2.75, 3.05) is 0 Å². The quantitative estimate of drug-likeness (QED) is 0.446. The smallest absolute Gasteiger partial charge is 0.339 e. The molecule has 0 fully saturated rings. The van der Waals surface area contributed by atoms with Crippen LogP contribution in [-0.4, -0.2) is 11.1 Å². The van der Waals surface area contributed by atoms with Gasteiger partial charge in [0.05, 0.1) is 5.69 Å². The zero-order chi connectivity index (χ0) is 10.7. The summed E-state index contributed by atoms with van der Waals surface area (Å²) in [7, 11) is 0. The monoisotopic (exact) mass is 195 g/mol. The predicted octanol–water partition coefficient (Wildman–Crippen LogP) is 2.77. The lowest BCUT2D eigenvalue weighted by molar-refractivity contribution is 0.0693. The van der Waals surface area contributed by atoms with Crippen LogP contribution in [0, 0.1) is 12.7 Å². The molecule has 5 nitrogen and oxygen atoms in total. The summed E-state index contributed by atoms with van der Waals surface area (Å²) in [5, 5.41) is 11.8. The van der Waals surface area contributed by atoms with Gasteiger partial charge in [0.15, 0.2) is 0 Å². The zero-order valence-electron chi connectivity index (χ0n) is 7.23.